The molecule has 2 aromatic carbocycles. The Bertz CT molecular complexity index is 1450. The van der Waals surface area contributed by atoms with Gasteiger partial charge in [-0.2, -0.15) is 0 Å². The third-order valence-corrected chi connectivity index (χ3v) is 8.48. The van der Waals surface area contributed by atoms with Gasteiger partial charge in [0.25, 0.3) is 5.91 Å². The van der Waals surface area contributed by atoms with Gasteiger partial charge in [-0.15, -0.1) is 0 Å². The molecule has 13 heteroatoms. The van der Waals surface area contributed by atoms with Crippen LogP contribution in [0.4, 0.5) is 0 Å². The maximum atomic E-state index is 13.9. The Morgan fingerprint density at radius 3 is 2.17 bits per heavy atom. The van der Waals surface area contributed by atoms with Gasteiger partial charge in [0.1, 0.15) is 30.2 Å². The van der Waals surface area contributed by atoms with Crippen LogP contribution in [0.15, 0.2) is 60.7 Å². The summed E-state index contributed by atoms with van der Waals surface area (Å²) in [6.45, 7) is 5.32. The zero-order valence-corrected chi connectivity index (χ0v) is 27.6. The highest BCUT2D eigenvalue weighted by atomic mass is 16.3. The van der Waals surface area contributed by atoms with E-state index in [1.54, 1.807) is 30.3 Å². The fraction of sp³-hybridized carbons (Fsp3) is 0.486. The van der Waals surface area contributed by atoms with Crippen LogP contribution in [0.3, 0.4) is 0 Å². The standard InChI is InChI=1S/C35H46N6O7/c1-21(2)17-27-32(45)37-22(3)35(48)41-20-25(42)19-29(41)34(47)36-16-10-15-26(38-30(43)24-13-8-5-9-14-24)31(44)40-28(33(46)39-27)18-23-11-6-4-7-12-23/h4-9,11-14,21-22,25-29,42H,10,15-20H2,1-3H3,(H,36,47)(H,37,45)(H,38,43)(H,39,46)(H,40,44)/t22-,25+,26-,27-,28+,29-/m0/s1. The van der Waals surface area contributed by atoms with Gasteiger partial charge < -0.3 is 36.6 Å². The van der Waals surface area contributed by atoms with Crippen LogP contribution in [0, 0.1) is 5.92 Å². The molecule has 0 spiro atoms. The van der Waals surface area contributed by atoms with E-state index in [0.29, 0.717) is 5.56 Å². The number of aliphatic hydroxyl groups excluding tert-OH is 1. The molecule has 2 aliphatic rings. The van der Waals surface area contributed by atoms with Crippen LogP contribution in [0.25, 0.3) is 0 Å². The molecule has 2 aliphatic heterocycles. The second-order valence-electron chi connectivity index (χ2n) is 12.9. The van der Waals surface area contributed by atoms with Crippen LogP contribution in [-0.4, -0.2) is 94.9 Å². The summed E-state index contributed by atoms with van der Waals surface area (Å²) in [5.41, 5.74) is 1.11. The predicted molar refractivity (Wildman–Crippen MR) is 177 cm³/mol. The molecule has 0 aromatic heterocycles. The third kappa shape index (κ3) is 9.86. The molecule has 2 aromatic rings. The second-order valence-corrected chi connectivity index (χ2v) is 12.9. The van der Waals surface area contributed by atoms with Gasteiger partial charge in [0, 0.05) is 31.5 Å². The van der Waals surface area contributed by atoms with E-state index in [-0.39, 0.29) is 51.1 Å². The maximum Gasteiger partial charge on any atom is 0.251 e. The fourth-order valence-electron chi connectivity index (χ4n) is 5.97. The monoisotopic (exact) mass is 662 g/mol. The van der Waals surface area contributed by atoms with Gasteiger partial charge in [0.2, 0.25) is 29.5 Å². The molecule has 13 nitrogen and oxygen atoms in total. The topological polar surface area (TPSA) is 186 Å². The van der Waals surface area contributed by atoms with Crippen molar-refractivity contribution in [2.45, 2.75) is 89.2 Å². The van der Waals surface area contributed by atoms with E-state index in [0.717, 1.165) is 5.56 Å². The molecule has 48 heavy (non-hydrogen) atoms. The largest absolute Gasteiger partial charge is 0.391 e. The van der Waals surface area contributed by atoms with Crippen LogP contribution < -0.4 is 26.6 Å². The van der Waals surface area contributed by atoms with Gasteiger partial charge in [-0.05, 0) is 49.8 Å². The van der Waals surface area contributed by atoms with Gasteiger partial charge in [0.05, 0.1) is 6.10 Å². The Hall–Kier alpha value is -4.78. The Balaban J connectivity index is 1.66. The summed E-state index contributed by atoms with van der Waals surface area (Å²) in [5, 5.41) is 24.2. The first-order chi connectivity index (χ1) is 22.9. The lowest BCUT2D eigenvalue weighted by atomic mass is 10.00. The predicted octanol–water partition coefficient (Wildman–Crippen LogP) is 0.420. The minimum absolute atomic E-state index is 0.0218. The van der Waals surface area contributed by atoms with E-state index < -0.39 is 71.8 Å². The van der Waals surface area contributed by atoms with E-state index in [1.165, 1.54) is 11.8 Å². The van der Waals surface area contributed by atoms with Crippen molar-refractivity contribution in [3.63, 3.8) is 0 Å². The lowest BCUT2D eigenvalue weighted by Gasteiger charge is -2.29. The van der Waals surface area contributed by atoms with Crippen molar-refractivity contribution in [3.8, 4) is 0 Å². The highest BCUT2D eigenvalue weighted by molar-refractivity contribution is 5.99. The number of hydrogen-bond donors (Lipinski definition) is 6. The molecule has 0 saturated carbocycles. The highest BCUT2D eigenvalue weighted by Crippen LogP contribution is 2.20. The average Bonchev–Trinajstić information content (AvgIpc) is 3.46. The molecule has 0 radical (unpaired) electrons. The molecule has 258 valence electrons. The fourth-order valence-corrected chi connectivity index (χ4v) is 5.97. The molecule has 2 fully saturated rings. The molecule has 0 aliphatic carbocycles. The Kier molecular flexibility index (Phi) is 12.7. The number of rotatable bonds is 6. The molecule has 0 unspecified atom stereocenters. The van der Waals surface area contributed by atoms with Crippen molar-refractivity contribution < 1.29 is 33.9 Å². The van der Waals surface area contributed by atoms with Gasteiger partial charge in [-0.3, -0.25) is 28.8 Å². The van der Waals surface area contributed by atoms with Gasteiger partial charge >= 0.3 is 0 Å². The number of fused-ring (bicyclic) bond motifs is 1. The quantitative estimate of drug-likeness (QED) is 0.259. The van der Waals surface area contributed by atoms with Crippen LogP contribution in [0.1, 0.15) is 62.4 Å². The number of hydrogen-bond acceptors (Lipinski definition) is 7. The summed E-state index contributed by atoms with van der Waals surface area (Å²) in [7, 11) is 0. The summed E-state index contributed by atoms with van der Waals surface area (Å²) in [5.74, 6) is -3.31. The minimum atomic E-state index is -1.11. The summed E-state index contributed by atoms with van der Waals surface area (Å²) >= 11 is 0. The second kappa shape index (κ2) is 16.9. The average molecular weight is 663 g/mol. The summed E-state index contributed by atoms with van der Waals surface area (Å²) < 4.78 is 0. The van der Waals surface area contributed by atoms with Crippen molar-refractivity contribution in [2.75, 3.05) is 13.1 Å². The first kappa shape index (κ1) is 36.1. The molecule has 6 atom stereocenters. The lowest BCUT2D eigenvalue weighted by Crippen LogP contribution is -2.59. The smallest absolute Gasteiger partial charge is 0.251 e. The van der Waals surface area contributed by atoms with Crippen LogP contribution in [0.2, 0.25) is 0 Å². The molecular formula is C35H46N6O7. The summed E-state index contributed by atoms with van der Waals surface area (Å²) in [4.78, 5) is 82.3. The van der Waals surface area contributed by atoms with E-state index in [1.807, 2.05) is 44.2 Å². The van der Waals surface area contributed by atoms with E-state index >= 15 is 0 Å². The van der Waals surface area contributed by atoms with E-state index in [9.17, 15) is 33.9 Å². The lowest BCUT2D eigenvalue weighted by molar-refractivity contribution is -0.141. The number of nitrogens with one attached hydrogen (secondary N) is 5. The first-order valence-electron chi connectivity index (χ1n) is 16.5. The van der Waals surface area contributed by atoms with Gasteiger partial charge in [0.15, 0.2) is 0 Å². The molecule has 2 saturated heterocycles. The molecule has 6 amide bonds. The number of carbonyl (C=O) groups is 6. The molecule has 4 rings (SSSR count). The molecule has 2 heterocycles. The van der Waals surface area contributed by atoms with E-state index in [4.69, 9.17) is 0 Å². The zero-order valence-electron chi connectivity index (χ0n) is 27.6. The van der Waals surface area contributed by atoms with Crippen molar-refractivity contribution >= 4 is 35.4 Å². The third-order valence-electron chi connectivity index (χ3n) is 8.48. The Morgan fingerprint density at radius 1 is 0.875 bits per heavy atom. The molecule has 6 N–H and O–H groups in total. The Morgan fingerprint density at radius 2 is 1.50 bits per heavy atom. The maximum absolute atomic E-state index is 13.9. The van der Waals surface area contributed by atoms with Crippen molar-refractivity contribution in [2.24, 2.45) is 5.92 Å². The minimum Gasteiger partial charge on any atom is -0.391 e. The summed E-state index contributed by atoms with van der Waals surface area (Å²) in [6, 6.07) is 12.3. The number of benzene rings is 2. The van der Waals surface area contributed by atoms with Crippen molar-refractivity contribution in [3.05, 3.63) is 71.8 Å². The zero-order chi connectivity index (χ0) is 34.8. The number of amides is 6. The van der Waals surface area contributed by atoms with Gasteiger partial charge in [-0.25, -0.2) is 0 Å². The van der Waals surface area contributed by atoms with Crippen molar-refractivity contribution in [1.82, 2.24) is 31.5 Å². The number of aliphatic hydroxyl groups is 1. The summed E-state index contributed by atoms with van der Waals surface area (Å²) in [6.07, 6.45) is -0.135. The van der Waals surface area contributed by atoms with Crippen LogP contribution in [-0.2, 0) is 30.4 Å². The number of nitrogens with zero attached hydrogens (tertiary/aromatic N) is 1. The number of carbonyl (C=O) groups excluding carboxylic acids is 6. The normalized spacial score (nSPS) is 26.4. The van der Waals surface area contributed by atoms with Crippen molar-refractivity contribution in [1.29, 1.82) is 0 Å². The molecular weight excluding hydrogens is 616 g/mol. The van der Waals surface area contributed by atoms with Crippen LogP contribution >= 0.6 is 0 Å². The highest BCUT2D eigenvalue weighted by Gasteiger charge is 2.41. The molecule has 0 bridgehead atoms. The van der Waals surface area contributed by atoms with Gasteiger partial charge in [-0.1, -0.05) is 62.4 Å². The SMILES string of the molecule is CC(C)C[C@@H]1NC(=O)[C@@H](Cc2ccccc2)NC(=O)[C@@H](NC(=O)c2ccccc2)CCCNC(=O)[C@@H]2C[C@@H](O)CN2C(=O)[C@H](C)NC1=O. The van der Waals surface area contributed by atoms with E-state index in [2.05, 4.69) is 26.6 Å². The van der Waals surface area contributed by atoms with Crippen LogP contribution in [0.5, 0.6) is 0 Å². The first-order valence-corrected chi connectivity index (χ1v) is 16.5. The Labute approximate surface area is 280 Å².